The Hall–Kier alpha value is -1.82. The summed E-state index contributed by atoms with van der Waals surface area (Å²) < 4.78 is 5.44. The summed E-state index contributed by atoms with van der Waals surface area (Å²) in [6, 6.07) is 18.6. The highest BCUT2D eigenvalue weighted by Gasteiger charge is 2.25. The lowest BCUT2D eigenvalue weighted by atomic mass is 9.95. The molecule has 0 aliphatic carbocycles. The van der Waals surface area contributed by atoms with Gasteiger partial charge >= 0.3 is 0 Å². The van der Waals surface area contributed by atoms with Crippen molar-refractivity contribution in [3.8, 4) is 0 Å². The van der Waals surface area contributed by atoms with Crippen LogP contribution in [0.15, 0.2) is 59.5 Å². The summed E-state index contributed by atoms with van der Waals surface area (Å²) in [5.41, 5.74) is 2.06. The van der Waals surface area contributed by atoms with Crippen LogP contribution in [0.4, 0.5) is 0 Å². The predicted octanol–water partition coefficient (Wildman–Crippen LogP) is 4.16. The zero-order chi connectivity index (χ0) is 19.9. The Morgan fingerprint density at radius 1 is 0.931 bits per heavy atom. The molecule has 2 fully saturated rings. The fourth-order valence-corrected chi connectivity index (χ4v) is 4.95. The van der Waals surface area contributed by atoms with E-state index >= 15 is 0 Å². The van der Waals surface area contributed by atoms with E-state index in [0.717, 1.165) is 70.1 Å². The summed E-state index contributed by atoms with van der Waals surface area (Å²) in [4.78, 5) is 18.7. The second-order valence-corrected chi connectivity index (χ2v) is 9.00. The van der Waals surface area contributed by atoms with Crippen molar-refractivity contribution in [3.05, 3.63) is 65.7 Å². The van der Waals surface area contributed by atoms with Crippen molar-refractivity contribution >= 4 is 17.7 Å². The summed E-state index contributed by atoms with van der Waals surface area (Å²) in [5.74, 6) is 1.80. The topological polar surface area (TPSA) is 32.8 Å². The lowest BCUT2D eigenvalue weighted by Gasteiger charge is -2.36. The van der Waals surface area contributed by atoms with E-state index in [1.165, 1.54) is 10.5 Å². The lowest BCUT2D eigenvalue weighted by molar-refractivity contribution is 0.0243. The van der Waals surface area contributed by atoms with Gasteiger partial charge in [-0.1, -0.05) is 30.3 Å². The molecule has 2 saturated heterocycles. The van der Waals surface area contributed by atoms with Gasteiger partial charge in [0.15, 0.2) is 0 Å². The van der Waals surface area contributed by atoms with Gasteiger partial charge in [0.05, 0.1) is 13.2 Å². The molecule has 0 radical (unpaired) electrons. The summed E-state index contributed by atoms with van der Waals surface area (Å²) in [7, 11) is 0. The van der Waals surface area contributed by atoms with E-state index in [0.29, 0.717) is 5.92 Å². The van der Waals surface area contributed by atoms with E-state index in [2.05, 4.69) is 41.3 Å². The number of rotatable bonds is 6. The fourth-order valence-electron chi connectivity index (χ4n) is 4.08. The first kappa shape index (κ1) is 20.5. The van der Waals surface area contributed by atoms with E-state index in [9.17, 15) is 4.79 Å². The van der Waals surface area contributed by atoms with Crippen molar-refractivity contribution in [2.75, 3.05) is 45.9 Å². The van der Waals surface area contributed by atoms with Gasteiger partial charge in [0.1, 0.15) is 0 Å². The second-order valence-electron chi connectivity index (χ2n) is 7.95. The smallest absolute Gasteiger partial charge is 0.253 e. The van der Waals surface area contributed by atoms with Crippen molar-refractivity contribution < 1.29 is 9.53 Å². The molecule has 154 valence electrons. The van der Waals surface area contributed by atoms with Crippen LogP contribution in [0.2, 0.25) is 0 Å². The Balaban J connectivity index is 1.24. The number of morpholine rings is 1. The molecule has 4 rings (SSSR count). The maximum Gasteiger partial charge on any atom is 0.253 e. The Kier molecular flexibility index (Phi) is 7.25. The van der Waals surface area contributed by atoms with Crippen molar-refractivity contribution in [2.45, 2.75) is 23.5 Å². The summed E-state index contributed by atoms with van der Waals surface area (Å²) >= 11 is 1.82. The molecule has 2 aromatic rings. The van der Waals surface area contributed by atoms with Crippen molar-refractivity contribution in [2.24, 2.45) is 5.92 Å². The average molecular weight is 411 g/mol. The predicted molar refractivity (Wildman–Crippen MR) is 118 cm³/mol. The number of hydrogen-bond acceptors (Lipinski definition) is 4. The Bertz CT molecular complexity index is 767. The largest absolute Gasteiger partial charge is 0.379 e. The molecule has 0 aromatic heterocycles. The van der Waals surface area contributed by atoms with Crippen molar-refractivity contribution in [1.29, 1.82) is 0 Å². The Morgan fingerprint density at radius 3 is 2.31 bits per heavy atom. The number of nitrogens with zero attached hydrogens (tertiary/aromatic N) is 2. The maximum absolute atomic E-state index is 12.9. The third-order valence-electron chi connectivity index (χ3n) is 5.87. The number of hydrogen-bond donors (Lipinski definition) is 0. The molecule has 4 nitrogen and oxygen atoms in total. The zero-order valence-corrected chi connectivity index (χ0v) is 17.8. The van der Waals surface area contributed by atoms with Crippen molar-refractivity contribution in [3.63, 3.8) is 0 Å². The van der Waals surface area contributed by atoms with Crippen LogP contribution in [0.5, 0.6) is 0 Å². The molecule has 5 heteroatoms. The zero-order valence-electron chi connectivity index (χ0n) is 17.0. The molecule has 1 amide bonds. The maximum atomic E-state index is 12.9. The number of ether oxygens (including phenoxy) is 1. The van der Waals surface area contributed by atoms with Crippen LogP contribution >= 0.6 is 11.8 Å². The standard InChI is InChI=1S/C24H30N2O2S/c27-24(26-12-10-20(11-13-26)18-25-14-16-28-17-15-25)22-8-6-21(7-9-22)19-29-23-4-2-1-3-5-23/h1-9,20H,10-19H2. The van der Waals surface area contributed by atoms with Gasteiger partial charge in [-0.25, -0.2) is 0 Å². The third-order valence-corrected chi connectivity index (χ3v) is 6.95. The van der Waals surface area contributed by atoms with Crippen LogP contribution < -0.4 is 0 Å². The Morgan fingerprint density at radius 2 is 1.62 bits per heavy atom. The van der Waals surface area contributed by atoms with Gasteiger partial charge in [-0.05, 0) is 48.6 Å². The molecule has 0 atom stereocenters. The molecule has 2 aromatic carbocycles. The second kappa shape index (κ2) is 10.3. The van der Waals surface area contributed by atoms with Crippen molar-refractivity contribution in [1.82, 2.24) is 9.80 Å². The van der Waals surface area contributed by atoms with E-state index < -0.39 is 0 Å². The number of amides is 1. The average Bonchev–Trinajstić information content (AvgIpc) is 2.79. The Labute approximate surface area is 178 Å². The van der Waals surface area contributed by atoms with Gasteiger partial charge in [0, 0.05) is 48.9 Å². The van der Waals surface area contributed by atoms with E-state index in [1.807, 2.05) is 34.9 Å². The van der Waals surface area contributed by atoms with E-state index in [4.69, 9.17) is 4.74 Å². The highest BCUT2D eigenvalue weighted by molar-refractivity contribution is 7.98. The van der Waals surface area contributed by atoms with Gasteiger partial charge in [-0.15, -0.1) is 11.8 Å². The van der Waals surface area contributed by atoms with Gasteiger partial charge in [0.25, 0.3) is 5.91 Å². The van der Waals surface area contributed by atoms with Gasteiger partial charge < -0.3 is 9.64 Å². The van der Waals surface area contributed by atoms with Gasteiger partial charge in [-0.2, -0.15) is 0 Å². The number of carbonyl (C=O) groups is 1. The minimum atomic E-state index is 0.178. The lowest BCUT2D eigenvalue weighted by Crippen LogP contribution is -2.44. The van der Waals surface area contributed by atoms with Crippen LogP contribution in [-0.2, 0) is 10.5 Å². The molecule has 0 spiro atoms. The monoisotopic (exact) mass is 410 g/mol. The molecule has 29 heavy (non-hydrogen) atoms. The van der Waals surface area contributed by atoms with Crippen LogP contribution in [0.1, 0.15) is 28.8 Å². The quantitative estimate of drug-likeness (QED) is 0.670. The van der Waals surface area contributed by atoms with E-state index in [-0.39, 0.29) is 5.91 Å². The molecule has 0 bridgehead atoms. The molecule has 2 aliphatic heterocycles. The molecule has 0 unspecified atom stereocenters. The SMILES string of the molecule is O=C(c1ccc(CSc2ccccc2)cc1)N1CCC(CN2CCOCC2)CC1. The molecule has 2 aliphatic rings. The number of piperidine rings is 1. The van der Waals surface area contributed by atoms with Crippen LogP contribution in [0.25, 0.3) is 0 Å². The van der Waals surface area contributed by atoms with Gasteiger partial charge in [-0.3, -0.25) is 9.69 Å². The summed E-state index contributed by atoms with van der Waals surface area (Å²) in [5, 5.41) is 0. The molecule has 0 saturated carbocycles. The first-order valence-corrected chi connectivity index (χ1v) is 11.6. The minimum Gasteiger partial charge on any atom is -0.379 e. The fraction of sp³-hybridized carbons (Fsp3) is 0.458. The highest BCUT2D eigenvalue weighted by Crippen LogP contribution is 2.24. The highest BCUT2D eigenvalue weighted by atomic mass is 32.2. The third kappa shape index (κ3) is 5.84. The van der Waals surface area contributed by atoms with E-state index in [1.54, 1.807) is 0 Å². The molecular weight excluding hydrogens is 380 g/mol. The summed E-state index contributed by atoms with van der Waals surface area (Å²) in [6.07, 6.45) is 2.21. The first-order valence-electron chi connectivity index (χ1n) is 10.6. The van der Waals surface area contributed by atoms with Gasteiger partial charge in [0.2, 0.25) is 0 Å². The number of thioether (sulfide) groups is 1. The van der Waals surface area contributed by atoms with Crippen LogP contribution in [0.3, 0.4) is 0 Å². The number of likely N-dealkylation sites (tertiary alicyclic amines) is 1. The number of carbonyl (C=O) groups excluding carboxylic acids is 1. The summed E-state index contributed by atoms with van der Waals surface area (Å²) in [6.45, 7) is 6.72. The number of benzene rings is 2. The van der Waals surface area contributed by atoms with Crippen LogP contribution in [0, 0.1) is 5.92 Å². The van der Waals surface area contributed by atoms with Crippen LogP contribution in [-0.4, -0.2) is 61.6 Å². The minimum absolute atomic E-state index is 0.178. The molecule has 0 N–H and O–H groups in total. The molecule has 2 heterocycles. The molecular formula is C24H30N2O2S. The first-order chi connectivity index (χ1) is 14.3. The normalized spacial score (nSPS) is 18.7.